The molecule has 1 aliphatic carbocycles. The van der Waals surface area contributed by atoms with Crippen molar-refractivity contribution >= 4 is 24.0 Å². The molecule has 1 fully saturated rings. The maximum atomic E-state index is 12.0. The van der Waals surface area contributed by atoms with Crippen LogP contribution in [-0.2, 0) is 14.3 Å². The highest BCUT2D eigenvalue weighted by Crippen LogP contribution is 2.40. The number of hydrogen-bond donors (Lipinski definition) is 2. The Bertz CT molecular complexity index is 559. The smallest absolute Gasteiger partial charge is 0.380 e. The lowest BCUT2D eigenvalue weighted by Gasteiger charge is -2.11. The van der Waals surface area contributed by atoms with Crippen LogP contribution in [0.4, 0.5) is 5.69 Å². The average Bonchev–Trinajstić information content (AvgIpc) is 3.02. The average molecular weight is 281 g/mol. The van der Waals surface area contributed by atoms with E-state index in [1.54, 1.807) is 0 Å². The van der Waals surface area contributed by atoms with Gasteiger partial charge in [-0.05, 0) is 0 Å². The second-order valence-corrected chi connectivity index (χ2v) is 4.94. The molecule has 108 valence electrons. The van der Waals surface area contributed by atoms with Gasteiger partial charge < -0.3 is 20.3 Å². The summed E-state index contributed by atoms with van der Waals surface area (Å²) in [6.07, 6.45) is 1.18. The number of carbonyl (C=O) groups excluding carboxylic acids is 3. The van der Waals surface area contributed by atoms with Crippen LogP contribution in [0.2, 0.25) is 0 Å². The van der Waals surface area contributed by atoms with Gasteiger partial charge in [-0.1, -0.05) is 19.0 Å². The van der Waals surface area contributed by atoms with Crippen molar-refractivity contribution in [2.45, 2.75) is 38.2 Å². The van der Waals surface area contributed by atoms with E-state index in [1.165, 1.54) is 0 Å². The summed E-state index contributed by atoms with van der Waals surface area (Å²) >= 11 is 0. The van der Waals surface area contributed by atoms with E-state index in [0.29, 0.717) is 24.9 Å². The van der Waals surface area contributed by atoms with Gasteiger partial charge in [0.25, 0.3) is 11.7 Å². The number of ether oxygens (including phenoxy) is 1. The molecule has 2 rings (SSSR count). The lowest BCUT2D eigenvalue weighted by Crippen LogP contribution is -2.35. The van der Waals surface area contributed by atoms with E-state index in [2.05, 4.69) is 10.5 Å². The zero-order valence-corrected chi connectivity index (χ0v) is 11.1. The molecule has 0 atom stereocenters. The molecule has 1 aromatic heterocycles. The molecule has 0 unspecified atom stereocenters. The molecule has 2 amide bonds. The molecule has 1 heterocycles. The first kappa shape index (κ1) is 14.0. The Morgan fingerprint density at radius 1 is 1.50 bits per heavy atom. The number of amides is 2. The molecule has 1 saturated carbocycles. The fraction of sp³-hybridized carbons (Fsp3) is 0.500. The topological polar surface area (TPSA) is 125 Å². The molecule has 0 bridgehead atoms. The third-order valence-corrected chi connectivity index (χ3v) is 3.10. The summed E-state index contributed by atoms with van der Waals surface area (Å²) in [5, 5.41) is 6.11. The van der Waals surface area contributed by atoms with Crippen LogP contribution in [0.3, 0.4) is 0 Å². The van der Waals surface area contributed by atoms with Crippen LogP contribution < -0.4 is 11.1 Å². The van der Waals surface area contributed by atoms with Crippen molar-refractivity contribution in [2.24, 2.45) is 5.73 Å². The normalized spacial score (nSPS) is 15.8. The summed E-state index contributed by atoms with van der Waals surface area (Å²) in [6.45, 7) is 3.66. The Balaban J connectivity index is 2.26. The van der Waals surface area contributed by atoms with E-state index >= 15 is 0 Å². The van der Waals surface area contributed by atoms with Crippen LogP contribution in [0.15, 0.2) is 4.52 Å². The number of nitrogens with zero attached hydrogens (tertiary/aromatic N) is 1. The van der Waals surface area contributed by atoms with Gasteiger partial charge in [-0.3, -0.25) is 9.59 Å². The third-order valence-electron chi connectivity index (χ3n) is 3.10. The molecule has 20 heavy (non-hydrogen) atoms. The number of rotatable bonds is 6. The number of carbonyl (C=O) groups is 3. The number of aromatic nitrogens is 1. The molecule has 0 saturated heterocycles. The van der Waals surface area contributed by atoms with Crippen molar-refractivity contribution in [2.75, 3.05) is 5.32 Å². The van der Waals surface area contributed by atoms with Crippen LogP contribution in [0, 0.1) is 0 Å². The summed E-state index contributed by atoms with van der Waals surface area (Å²) in [5.41, 5.74) is 4.50. The predicted octanol–water partition coefficient (Wildman–Crippen LogP) is 0.541. The Morgan fingerprint density at radius 2 is 2.15 bits per heavy atom. The lowest BCUT2D eigenvalue weighted by atomic mass is 10.1. The van der Waals surface area contributed by atoms with Crippen LogP contribution in [0.25, 0.3) is 0 Å². The summed E-state index contributed by atoms with van der Waals surface area (Å²) in [4.78, 5) is 33.8. The fourth-order valence-corrected chi connectivity index (χ4v) is 1.77. The van der Waals surface area contributed by atoms with Crippen molar-refractivity contribution in [3.8, 4) is 0 Å². The van der Waals surface area contributed by atoms with E-state index in [1.807, 2.05) is 13.8 Å². The maximum Gasteiger partial charge on any atom is 0.380 e. The van der Waals surface area contributed by atoms with Crippen molar-refractivity contribution in [3.05, 3.63) is 11.5 Å². The highest BCUT2D eigenvalue weighted by molar-refractivity contribution is 5.98. The minimum absolute atomic E-state index is 0.0613. The van der Waals surface area contributed by atoms with E-state index < -0.39 is 17.5 Å². The van der Waals surface area contributed by atoms with Crippen molar-refractivity contribution < 1.29 is 23.6 Å². The number of esters is 1. The van der Waals surface area contributed by atoms with E-state index in [-0.39, 0.29) is 17.4 Å². The Morgan fingerprint density at radius 3 is 2.60 bits per heavy atom. The van der Waals surface area contributed by atoms with E-state index in [9.17, 15) is 14.4 Å². The highest BCUT2D eigenvalue weighted by atomic mass is 16.6. The first-order chi connectivity index (χ1) is 9.41. The zero-order valence-electron chi connectivity index (χ0n) is 11.1. The first-order valence-corrected chi connectivity index (χ1v) is 6.14. The molecule has 8 heteroatoms. The van der Waals surface area contributed by atoms with Crippen LogP contribution in [-0.4, -0.2) is 29.0 Å². The summed E-state index contributed by atoms with van der Waals surface area (Å²) < 4.78 is 10.0. The minimum atomic E-state index is -1.25. The Kier molecular flexibility index (Phi) is 3.47. The SMILES string of the molecule is CC(C)c1noc(C(=O)OC2(C(N)=O)CC2)c1NC=O. The van der Waals surface area contributed by atoms with Crippen molar-refractivity contribution in [3.63, 3.8) is 0 Å². The molecule has 1 aromatic rings. The van der Waals surface area contributed by atoms with Gasteiger partial charge in [0.2, 0.25) is 6.41 Å². The van der Waals surface area contributed by atoms with E-state index in [0.717, 1.165) is 0 Å². The summed E-state index contributed by atoms with van der Waals surface area (Å²) in [5.74, 6) is -1.87. The van der Waals surface area contributed by atoms with Gasteiger partial charge in [0, 0.05) is 18.8 Å². The Labute approximate surface area is 114 Å². The van der Waals surface area contributed by atoms with Gasteiger partial charge in [-0.15, -0.1) is 0 Å². The molecular weight excluding hydrogens is 266 g/mol. The lowest BCUT2D eigenvalue weighted by molar-refractivity contribution is -0.128. The summed E-state index contributed by atoms with van der Waals surface area (Å²) in [7, 11) is 0. The molecular formula is C12H15N3O5. The van der Waals surface area contributed by atoms with Gasteiger partial charge in [0.1, 0.15) is 11.4 Å². The molecule has 1 aliphatic rings. The maximum absolute atomic E-state index is 12.0. The molecule has 8 nitrogen and oxygen atoms in total. The molecule has 0 spiro atoms. The molecule has 0 aliphatic heterocycles. The number of anilines is 1. The number of hydrogen-bond acceptors (Lipinski definition) is 6. The first-order valence-electron chi connectivity index (χ1n) is 6.14. The monoisotopic (exact) mass is 281 g/mol. The second kappa shape index (κ2) is 4.95. The number of nitrogens with one attached hydrogen (secondary N) is 1. The number of primary amides is 1. The second-order valence-electron chi connectivity index (χ2n) is 4.94. The van der Waals surface area contributed by atoms with Crippen molar-refractivity contribution in [1.29, 1.82) is 0 Å². The number of nitrogens with two attached hydrogens (primary N) is 1. The Hall–Kier alpha value is -2.38. The zero-order chi connectivity index (χ0) is 14.9. The van der Waals surface area contributed by atoms with Gasteiger partial charge in [0.05, 0.1) is 0 Å². The largest absolute Gasteiger partial charge is 0.443 e. The van der Waals surface area contributed by atoms with Gasteiger partial charge in [0.15, 0.2) is 5.60 Å². The highest BCUT2D eigenvalue weighted by Gasteiger charge is 2.53. The molecule has 0 radical (unpaired) electrons. The van der Waals surface area contributed by atoms with Crippen molar-refractivity contribution in [1.82, 2.24) is 5.16 Å². The van der Waals surface area contributed by atoms with Crippen LogP contribution >= 0.6 is 0 Å². The fourth-order valence-electron chi connectivity index (χ4n) is 1.77. The minimum Gasteiger partial charge on any atom is -0.443 e. The molecule has 3 N–H and O–H groups in total. The summed E-state index contributed by atoms with van der Waals surface area (Å²) in [6, 6.07) is 0. The van der Waals surface area contributed by atoms with E-state index in [4.69, 9.17) is 15.0 Å². The van der Waals surface area contributed by atoms with Gasteiger partial charge >= 0.3 is 5.97 Å². The van der Waals surface area contributed by atoms with Crippen LogP contribution in [0.5, 0.6) is 0 Å². The molecule has 0 aromatic carbocycles. The van der Waals surface area contributed by atoms with Crippen LogP contribution in [0.1, 0.15) is 48.9 Å². The standard InChI is InChI=1S/C12H15N3O5/c1-6(2)7-8(14-5-16)9(20-15-7)10(17)19-12(3-4-12)11(13)18/h5-6H,3-4H2,1-2H3,(H2,13,18)(H,14,16). The quantitative estimate of drug-likeness (QED) is 0.579. The van der Waals surface area contributed by atoms with Gasteiger partial charge in [-0.25, -0.2) is 4.79 Å². The predicted molar refractivity (Wildman–Crippen MR) is 66.9 cm³/mol. The third kappa shape index (κ3) is 2.36. The van der Waals surface area contributed by atoms with Gasteiger partial charge in [-0.2, -0.15) is 0 Å².